The Balaban J connectivity index is 1.18. The number of ether oxygens (including phenoxy) is 4. The average molecular weight is 427 g/mol. The van der Waals surface area contributed by atoms with E-state index in [1.165, 1.54) is 4.90 Å². The van der Waals surface area contributed by atoms with Crippen LogP contribution in [0.4, 0.5) is 13.6 Å². The Morgan fingerprint density at radius 2 is 1.80 bits per heavy atom. The molecule has 0 bridgehead atoms. The number of hydrogen-bond acceptors (Lipinski definition) is 5. The van der Waals surface area contributed by atoms with Gasteiger partial charge in [0, 0.05) is 13.2 Å². The van der Waals surface area contributed by atoms with Crippen molar-refractivity contribution in [2.75, 3.05) is 39.5 Å². The number of nitrogens with zero attached hydrogens (tertiary/aromatic N) is 1. The van der Waals surface area contributed by atoms with E-state index in [-0.39, 0.29) is 26.3 Å². The summed E-state index contributed by atoms with van der Waals surface area (Å²) in [4.78, 5) is 13.4. The number of likely N-dealkylation sites (tertiary alicyclic amines) is 1. The third-order valence-corrected chi connectivity index (χ3v) is 5.27. The first-order chi connectivity index (χ1) is 14.4. The molecular weight excluding hydrogens is 396 g/mol. The predicted octanol–water partition coefficient (Wildman–Crippen LogP) is 3.88. The van der Waals surface area contributed by atoms with E-state index >= 15 is 0 Å². The highest BCUT2D eigenvalue weighted by atomic mass is 19.3. The first-order valence-electron chi connectivity index (χ1n) is 10.6. The van der Waals surface area contributed by atoms with Crippen molar-refractivity contribution in [2.24, 2.45) is 5.92 Å². The summed E-state index contributed by atoms with van der Waals surface area (Å²) >= 11 is 0. The fourth-order valence-corrected chi connectivity index (χ4v) is 3.38. The number of hydrogen-bond donors (Lipinski definition) is 0. The molecule has 6 nitrogen and oxygen atoms in total. The first-order valence-corrected chi connectivity index (χ1v) is 10.6. The van der Waals surface area contributed by atoms with Crippen molar-refractivity contribution >= 4 is 6.09 Å². The Hall–Kier alpha value is -1.77. The van der Waals surface area contributed by atoms with Crippen LogP contribution in [-0.2, 0) is 25.6 Å². The number of alkyl halides is 2. The molecule has 1 aromatic carbocycles. The Morgan fingerprint density at radius 3 is 2.50 bits per heavy atom. The number of halogens is 2. The second kappa shape index (κ2) is 11.0. The zero-order valence-electron chi connectivity index (χ0n) is 17.4. The van der Waals surface area contributed by atoms with Crippen LogP contribution in [0.3, 0.4) is 0 Å². The third kappa shape index (κ3) is 7.49. The molecule has 168 valence electrons. The van der Waals surface area contributed by atoms with Gasteiger partial charge in [-0.2, -0.15) is 0 Å². The smallest absolute Gasteiger partial charge is 0.410 e. The molecule has 1 aliphatic heterocycles. The highest BCUT2D eigenvalue weighted by Crippen LogP contribution is 2.29. The normalized spacial score (nSPS) is 21.8. The van der Waals surface area contributed by atoms with Gasteiger partial charge >= 0.3 is 6.09 Å². The molecular formula is C22H31F2NO5. The molecule has 8 heteroatoms. The molecule has 1 aromatic rings. The summed E-state index contributed by atoms with van der Waals surface area (Å²) in [5, 5.41) is 0. The largest absolute Gasteiger partial charge is 0.445 e. The van der Waals surface area contributed by atoms with Crippen LogP contribution in [0.2, 0.25) is 0 Å². The van der Waals surface area contributed by atoms with Gasteiger partial charge in [0.1, 0.15) is 19.8 Å². The van der Waals surface area contributed by atoms with E-state index in [0.717, 1.165) is 24.3 Å². The minimum Gasteiger partial charge on any atom is -0.445 e. The van der Waals surface area contributed by atoms with Crippen molar-refractivity contribution in [3.63, 3.8) is 0 Å². The van der Waals surface area contributed by atoms with Crippen molar-refractivity contribution < 1.29 is 32.5 Å². The van der Waals surface area contributed by atoms with Crippen molar-refractivity contribution in [2.45, 2.75) is 50.9 Å². The van der Waals surface area contributed by atoms with E-state index < -0.39 is 31.3 Å². The lowest BCUT2D eigenvalue weighted by atomic mass is 9.84. The number of carbonyl (C=O) groups is 1. The van der Waals surface area contributed by atoms with Gasteiger partial charge in [0.05, 0.1) is 25.3 Å². The van der Waals surface area contributed by atoms with E-state index in [9.17, 15) is 13.6 Å². The zero-order valence-corrected chi connectivity index (χ0v) is 17.4. The van der Waals surface area contributed by atoms with Crippen LogP contribution in [0.1, 0.15) is 31.7 Å². The standard InChI is InChI=1S/C22H31F2NO5/c1-17-10-19(11-17)28-9-5-8-27-15-22(23,24)16-30-20-12-25(13-20)21(26)29-14-18-6-3-2-4-7-18/h2-4,6-7,17,19-20H,5,8-16H2,1H3. The molecule has 0 aromatic heterocycles. The Morgan fingerprint density at radius 1 is 1.07 bits per heavy atom. The van der Waals surface area contributed by atoms with Gasteiger partial charge in [0.25, 0.3) is 5.92 Å². The van der Waals surface area contributed by atoms with Gasteiger partial charge in [-0.3, -0.25) is 0 Å². The lowest BCUT2D eigenvalue weighted by Crippen LogP contribution is -2.55. The van der Waals surface area contributed by atoms with Crippen LogP contribution in [0.15, 0.2) is 30.3 Å². The number of benzene rings is 1. The second-order valence-electron chi connectivity index (χ2n) is 8.21. The highest BCUT2D eigenvalue weighted by molar-refractivity contribution is 5.68. The zero-order chi connectivity index (χ0) is 21.4. The van der Waals surface area contributed by atoms with Crippen LogP contribution in [0.5, 0.6) is 0 Å². The van der Waals surface area contributed by atoms with E-state index in [0.29, 0.717) is 19.1 Å². The maximum atomic E-state index is 13.9. The monoisotopic (exact) mass is 427 g/mol. The maximum absolute atomic E-state index is 13.9. The summed E-state index contributed by atoms with van der Waals surface area (Å²) in [6, 6.07) is 9.34. The molecule has 2 fully saturated rings. The fraction of sp³-hybridized carbons (Fsp3) is 0.682. The SMILES string of the molecule is CC1CC(OCCCOCC(F)(F)COC2CN(C(=O)OCc3ccccc3)C2)C1. The predicted molar refractivity (Wildman–Crippen MR) is 106 cm³/mol. The summed E-state index contributed by atoms with van der Waals surface area (Å²) in [7, 11) is 0. The topological polar surface area (TPSA) is 57.2 Å². The van der Waals surface area contributed by atoms with E-state index in [2.05, 4.69) is 6.92 Å². The summed E-state index contributed by atoms with van der Waals surface area (Å²) < 4.78 is 48.8. The van der Waals surface area contributed by atoms with Gasteiger partial charge in [-0.05, 0) is 30.7 Å². The van der Waals surface area contributed by atoms with Crippen molar-refractivity contribution in [1.82, 2.24) is 4.90 Å². The fourth-order valence-electron chi connectivity index (χ4n) is 3.38. The lowest BCUT2D eigenvalue weighted by Gasteiger charge is -2.38. The minimum absolute atomic E-state index is 0.182. The molecule has 0 atom stereocenters. The van der Waals surface area contributed by atoms with E-state index in [4.69, 9.17) is 18.9 Å². The quantitative estimate of drug-likeness (QED) is 0.474. The Labute approximate surface area is 176 Å². The third-order valence-electron chi connectivity index (χ3n) is 5.27. The molecule has 0 N–H and O–H groups in total. The minimum atomic E-state index is -3.06. The highest BCUT2D eigenvalue weighted by Gasteiger charge is 2.37. The summed E-state index contributed by atoms with van der Waals surface area (Å²) in [5.41, 5.74) is 0.892. The van der Waals surface area contributed by atoms with Gasteiger partial charge in [-0.25, -0.2) is 13.6 Å². The lowest BCUT2D eigenvalue weighted by molar-refractivity contribution is -0.156. The summed E-state index contributed by atoms with van der Waals surface area (Å²) in [5.74, 6) is -2.33. The van der Waals surface area contributed by atoms with Gasteiger partial charge in [0.2, 0.25) is 0 Å². The van der Waals surface area contributed by atoms with Gasteiger partial charge in [-0.1, -0.05) is 37.3 Å². The first kappa shape index (κ1) is 22.9. The second-order valence-corrected chi connectivity index (χ2v) is 8.21. The summed E-state index contributed by atoms with van der Waals surface area (Å²) in [6.45, 7) is 2.25. The molecule has 1 saturated carbocycles. The van der Waals surface area contributed by atoms with Crippen molar-refractivity contribution in [1.29, 1.82) is 0 Å². The average Bonchev–Trinajstić information content (AvgIpc) is 2.66. The van der Waals surface area contributed by atoms with Crippen LogP contribution >= 0.6 is 0 Å². The number of amides is 1. The number of carbonyl (C=O) groups excluding carboxylic acids is 1. The summed E-state index contributed by atoms with van der Waals surface area (Å²) in [6.07, 6.45) is 2.22. The Kier molecular flexibility index (Phi) is 8.41. The molecule has 1 saturated heterocycles. The van der Waals surface area contributed by atoms with Crippen molar-refractivity contribution in [3.05, 3.63) is 35.9 Å². The number of rotatable bonds is 12. The van der Waals surface area contributed by atoms with Crippen LogP contribution in [0.25, 0.3) is 0 Å². The van der Waals surface area contributed by atoms with Gasteiger partial charge in [0.15, 0.2) is 0 Å². The molecule has 1 amide bonds. The molecule has 1 heterocycles. The molecule has 1 aliphatic carbocycles. The molecule has 0 unspecified atom stereocenters. The van der Waals surface area contributed by atoms with Gasteiger partial charge in [-0.15, -0.1) is 0 Å². The molecule has 30 heavy (non-hydrogen) atoms. The molecule has 0 radical (unpaired) electrons. The molecule has 3 rings (SSSR count). The van der Waals surface area contributed by atoms with Crippen LogP contribution in [0, 0.1) is 5.92 Å². The van der Waals surface area contributed by atoms with Crippen molar-refractivity contribution in [3.8, 4) is 0 Å². The van der Waals surface area contributed by atoms with Gasteiger partial charge < -0.3 is 23.8 Å². The Bertz CT molecular complexity index is 648. The van der Waals surface area contributed by atoms with Crippen LogP contribution in [-0.4, -0.2) is 68.6 Å². The molecule has 0 spiro atoms. The van der Waals surface area contributed by atoms with Crippen LogP contribution < -0.4 is 0 Å². The molecule has 2 aliphatic rings. The maximum Gasteiger partial charge on any atom is 0.410 e. The van der Waals surface area contributed by atoms with E-state index in [1.807, 2.05) is 30.3 Å². The van der Waals surface area contributed by atoms with E-state index in [1.54, 1.807) is 0 Å².